The molecule has 3 aromatic rings. The predicted molar refractivity (Wildman–Crippen MR) is 90.2 cm³/mol. The fourth-order valence-electron chi connectivity index (χ4n) is 3.31. The Bertz CT molecular complexity index is 834. The standard InChI is InChI=1S/C16H18FN5S/c17-12-3-6-23-13(12)7-10-8-22(11-1-4-19-5-2-11)16-14(10)15(18)20-9-21-16/h3,6,8-9,11,19H,1-2,4-5,7H2,(H2,18,20,21). The van der Waals surface area contributed by atoms with Crippen LogP contribution in [-0.4, -0.2) is 27.6 Å². The number of thiophene rings is 1. The molecule has 0 aromatic carbocycles. The molecule has 1 aliphatic rings. The van der Waals surface area contributed by atoms with Gasteiger partial charge >= 0.3 is 0 Å². The zero-order chi connectivity index (χ0) is 15.8. The van der Waals surface area contributed by atoms with Crippen molar-refractivity contribution in [1.29, 1.82) is 0 Å². The van der Waals surface area contributed by atoms with E-state index in [1.807, 2.05) is 0 Å². The lowest BCUT2D eigenvalue weighted by Gasteiger charge is -2.24. The molecule has 0 amide bonds. The maximum atomic E-state index is 13.8. The van der Waals surface area contributed by atoms with E-state index in [4.69, 9.17) is 5.73 Å². The summed E-state index contributed by atoms with van der Waals surface area (Å²) in [6.07, 6.45) is 6.23. The lowest BCUT2D eigenvalue weighted by atomic mass is 10.1. The summed E-state index contributed by atoms with van der Waals surface area (Å²) < 4.78 is 16.0. The molecule has 7 heteroatoms. The van der Waals surface area contributed by atoms with Crippen LogP contribution in [0.25, 0.3) is 11.0 Å². The molecule has 23 heavy (non-hydrogen) atoms. The van der Waals surface area contributed by atoms with E-state index in [-0.39, 0.29) is 5.82 Å². The van der Waals surface area contributed by atoms with E-state index >= 15 is 0 Å². The zero-order valence-electron chi connectivity index (χ0n) is 12.6. The fraction of sp³-hybridized carbons (Fsp3) is 0.375. The average Bonchev–Trinajstić information content (AvgIpc) is 3.14. The van der Waals surface area contributed by atoms with Crippen LogP contribution in [-0.2, 0) is 6.42 Å². The Morgan fingerprint density at radius 1 is 1.35 bits per heavy atom. The number of nitrogen functional groups attached to an aromatic ring is 1. The highest BCUT2D eigenvalue weighted by atomic mass is 32.1. The van der Waals surface area contributed by atoms with Gasteiger partial charge in [-0.2, -0.15) is 0 Å². The van der Waals surface area contributed by atoms with Crippen molar-refractivity contribution in [3.8, 4) is 0 Å². The minimum atomic E-state index is -0.159. The van der Waals surface area contributed by atoms with E-state index in [1.54, 1.807) is 5.38 Å². The Labute approximate surface area is 137 Å². The van der Waals surface area contributed by atoms with Gasteiger partial charge < -0.3 is 15.6 Å². The van der Waals surface area contributed by atoms with Crippen LogP contribution >= 0.6 is 11.3 Å². The normalized spacial score (nSPS) is 16.2. The Hall–Kier alpha value is -1.99. The molecule has 3 N–H and O–H groups in total. The van der Waals surface area contributed by atoms with Crippen molar-refractivity contribution in [3.63, 3.8) is 0 Å². The number of nitrogens with one attached hydrogen (secondary N) is 1. The minimum absolute atomic E-state index is 0.159. The highest BCUT2D eigenvalue weighted by Gasteiger charge is 2.21. The first-order chi connectivity index (χ1) is 11.2. The third-order valence-electron chi connectivity index (χ3n) is 4.46. The van der Waals surface area contributed by atoms with Gasteiger partial charge in [0.15, 0.2) is 0 Å². The van der Waals surface area contributed by atoms with Crippen molar-refractivity contribution in [2.75, 3.05) is 18.8 Å². The van der Waals surface area contributed by atoms with Gasteiger partial charge in [0.2, 0.25) is 0 Å². The van der Waals surface area contributed by atoms with Gasteiger partial charge in [-0.05, 0) is 42.9 Å². The number of rotatable bonds is 3. The maximum Gasteiger partial charge on any atom is 0.146 e. The molecule has 0 bridgehead atoms. The van der Waals surface area contributed by atoms with Crippen molar-refractivity contribution in [1.82, 2.24) is 19.9 Å². The van der Waals surface area contributed by atoms with Crippen LogP contribution in [0.4, 0.5) is 10.2 Å². The van der Waals surface area contributed by atoms with Crippen LogP contribution in [0.5, 0.6) is 0 Å². The third-order valence-corrected chi connectivity index (χ3v) is 5.36. The molecule has 1 fully saturated rings. The molecule has 0 radical (unpaired) electrons. The molecule has 0 spiro atoms. The minimum Gasteiger partial charge on any atom is -0.383 e. The van der Waals surface area contributed by atoms with Gasteiger partial charge in [-0.3, -0.25) is 0 Å². The Morgan fingerprint density at radius 3 is 2.91 bits per heavy atom. The molecule has 4 rings (SSSR count). The highest BCUT2D eigenvalue weighted by Crippen LogP contribution is 2.32. The van der Waals surface area contributed by atoms with E-state index in [0.717, 1.165) is 47.4 Å². The number of hydrogen-bond donors (Lipinski definition) is 2. The molecule has 1 aliphatic heterocycles. The molecule has 5 nitrogen and oxygen atoms in total. The molecule has 3 aromatic heterocycles. The second-order valence-electron chi connectivity index (χ2n) is 5.87. The molecule has 4 heterocycles. The summed E-state index contributed by atoms with van der Waals surface area (Å²) in [5.41, 5.74) is 7.96. The molecule has 0 saturated carbocycles. The van der Waals surface area contributed by atoms with Crippen LogP contribution in [0.3, 0.4) is 0 Å². The lowest BCUT2D eigenvalue weighted by molar-refractivity contribution is 0.374. The molecule has 120 valence electrons. The number of piperidine rings is 1. The van der Waals surface area contributed by atoms with Crippen LogP contribution in [0.2, 0.25) is 0 Å². The monoisotopic (exact) mass is 331 g/mol. The van der Waals surface area contributed by atoms with Gasteiger partial charge in [-0.15, -0.1) is 11.3 Å². The number of fused-ring (bicyclic) bond motifs is 1. The number of nitrogens with zero attached hydrogens (tertiary/aromatic N) is 3. The van der Waals surface area contributed by atoms with E-state index in [1.165, 1.54) is 23.7 Å². The van der Waals surface area contributed by atoms with Gasteiger partial charge in [0.25, 0.3) is 0 Å². The topological polar surface area (TPSA) is 68.8 Å². The van der Waals surface area contributed by atoms with E-state index < -0.39 is 0 Å². The molecule has 0 unspecified atom stereocenters. The maximum absolute atomic E-state index is 13.8. The number of anilines is 1. The quantitative estimate of drug-likeness (QED) is 0.774. The van der Waals surface area contributed by atoms with Gasteiger partial charge in [0.05, 0.1) is 5.39 Å². The predicted octanol–water partition coefficient (Wildman–Crippen LogP) is 2.73. The molecule has 1 saturated heterocycles. The summed E-state index contributed by atoms with van der Waals surface area (Å²) in [6, 6.07) is 1.90. The van der Waals surface area contributed by atoms with Crippen molar-refractivity contribution in [2.45, 2.75) is 25.3 Å². The SMILES string of the molecule is Nc1ncnc2c1c(Cc1sccc1F)cn2C1CCNCC1. The van der Waals surface area contributed by atoms with E-state index in [0.29, 0.717) is 18.3 Å². The first kappa shape index (κ1) is 14.6. The Balaban J connectivity index is 1.82. The van der Waals surface area contributed by atoms with Crippen LogP contribution in [0.15, 0.2) is 24.0 Å². The first-order valence-corrected chi connectivity index (χ1v) is 8.64. The number of aromatic nitrogens is 3. The van der Waals surface area contributed by atoms with E-state index in [9.17, 15) is 4.39 Å². The van der Waals surface area contributed by atoms with Crippen LogP contribution in [0, 0.1) is 5.82 Å². The summed E-state index contributed by atoms with van der Waals surface area (Å²) in [6.45, 7) is 2.00. The van der Waals surface area contributed by atoms with Crippen molar-refractivity contribution in [2.24, 2.45) is 0 Å². The summed E-state index contributed by atoms with van der Waals surface area (Å²) in [5, 5.41) is 6.01. The van der Waals surface area contributed by atoms with Crippen LogP contribution < -0.4 is 11.1 Å². The Kier molecular flexibility index (Phi) is 3.74. The first-order valence-electron chi connectivity index (χ1n) is 7.76. The lowest BCUT2D eigenvalue weighted by Crippen LogP contribution is -2.29. The summed E-state index contributed by atoms with van der Waals surface area (Å²) in [7, 11) is 0. The van der Waals surface area contributed by atoms with Gasteiger partial charge in [0.1, 0.15) is 23.6 Å². The van der Waals surface area contributed by atoms with E-state index in [2.05, 4.69) is 26.0 Å². The summed E-state index contributed by atoms with van der Waals surface area (Å²) >= 11 is 1.43. The van der Waals surface area contributed by atoms with Gasteiger partial charge in [0, 0.05) is 23.5 Å². The highest BCUT2D eigenvalue weighted by molar-refractivity contribution is 7.10. The van der Waals surface area contributed by atoms with Crippen molar-refractivity contribution >= 4 is 28.2 Å². The van der Waals surface area contributed by atoms with Crippen molar-refractivity contribution in [3.05, 3.63) is 40.2 Å². The largest absolute Gasteiger partial charge is 0.383 e. The Morgan fingerprint density at radius 2 is 2.17 bits per heavy atom. The molecule has 0 atom stereocenters. The zero-order valence-corrected chi connectivity index (χ0v) is 13.4. The molecular weight excluding hydrogens is 313 g/mol. The fourth-order valence-corrected chi connectivity index (χ4v) is 4.08. The summed E-state index contributed by atoms with van der Waals surface area (Å²) in [5.74, 6) is 0.308. The number of halogens is 1. The van der Waals surface area contributed by atoms with Crippen molar-refractivity contribution < 1.29 is 4.39 Å². The average molecular weight is 331 g/mol. The van der Waals surface area contributed by atoms with Crippen LogP contribution in [0.1, 0.15) is 29.3 Å². The third kappa shape index (κ3) is 2.60. The summed E-state index contributed by atoms with van der Waals surface area (Å²) in [4.78, 5) is 9.30. The molecule has 0 aliphatic carbocycles. The number of nitrogens with two attached hydrogens (primary N) is 1. The van der Waals surface area contributed by atoms with Gasteiger partial charge in [-0.25, -0.2) is 14.4 Å². The second kappa shape index (κ2) is 5.90. The van der Waals surface area contributed by atoms with Gasteiger partial charge in [-0.1, -0.05) is 0 Å². The molecular formula is C16H18FN5S. The number of hydrogen-bond acceptors (Lipinski definition) is 5. The second-order valence-corrected chi connectivity index (χ2v) is 6.87. The smallest absolute Gasteiger partial charge is 0.146 e.